The number of benzene rings is 1. The number of para-hydroxylation sites is 1. The number of aromatic amines is 1. The molecule has 0 radical (unpaired) electrons. The first-order valence-electron chi connectivity index (χ1n) is 7.42. The summed E-state index contributed by atoms with van der Waals surface area (Å²) >= 11 is 4.71. The van der Waals surface area contributed by atoms with Crippen molar-refractivity contribution in [2.75, 3.05) is 0 Å². The molecule has 1 saturated heterocycles. The average Bonchev–Trinajstić information content (AvgIpc) is 2.95. The quantitative estimate of drug-likeness (QED) is 0.350. The number of amides is 2. The lowest BCUT2D eigenvalue weighted by molar-refractivity contribution is -0.138. The zero-order valence-electron chi connectivity index (χ0n) is 12.9. The maximum atomic E-state index is 11.8. The van der Waals surface area contributed by atoms with Gasteiger partial charge in [-0.15, -0.1) is 0 Å². The first-order valence-corrected chi connectivity index (χ1v) is 7.83. The summed E-state index contributed by atoms with van der Waals surface area (Å²) in [4.78, 5) is 42.1. The van der Waals surface area contributed by atoms with Crippen molar-refractivity contribution >= 4 is 52.2 Å². The number of carbonyl (C=O) groups excluding carboxylic acids is 2. The van der Waals surface area contributed by atoms with Crippen molar-refractivity contribution in [3.05, 3.63) is 36.0 Å². The van der Waals surface area contributed by atoms with Crippen molar-refractivity contribution in [3.8, 4) is 0 Å². The number of carbonyl (C=O) groups is 3. The number of nitrogens with one attached hydrogen (secondary N) is 3. The summed E-state index contributed by atoms with van der Waals surface area (Å²) < 4.78 is 0. The van der Waals surface area contributed by atoms with Gasteiger partial charge in [-0.1, -0.05) is 18.2 Å². The van der Waals surface area contributed by atoms with Crippen LogP contribution < -0.4 is 10.6 Å². The molecule has 2 aromatic rings. The molecule has 0 saturated carbocycles. The van der Waals surface area contributed by atoms with Crippen LogP contribution in [0.15, 0.2) is 35.5 Å². The van der Waals surface area contributed by atoms with Crippen LogP contribution in [0.5, 0.6) is 0 Å². The largest absolute Gasteiger partial charge is 0.480 e. The molecule has 1 aromatic carbocycles. The molecule has 25 heavy (non-hydrogen) atoms. The standard InChI is InChI=1S/C16H14N4O4S/c21-13-10(14(22)20-16(25)19-13)7-18-12(15(23)24)5-8-6-17-11-4-2-1-3-9(8)11/h1-4,6-7,10,12,17H,5H2,(H,23,24)(H2,19,20,21,22,25)/t12-/m1/s1. The van der Waals surface area contributed by atoms with Gasteiger partial charge < -0.3 is 20.7 Å². The highest BCUT2D eigenvalue weighted by Gasteiger charge is 2.31. The second kappa shape index (κ2) is 6.81. The van der Waals surface area contributed by atoms with E-state index in [1.54, 1.807) is 6.20 Å². The van der Waals surface area contributed by atoms with Crippen LogP contribution in [0.1, 0.15) is 5.56 Å². The molecule has 3 rings (SSSR count). The fourth-order valence-electron chi connectivity index (χ4n) is 2.57. The van der Waals surface area contributed by atoms with E-state index in [2.05, 4.69) is 20.6 Å². The van der Waals surface area contributed by atoms with Gasteiger partial charge in [-0.2, -0.15) is 0 Å². The second-order valence-electron chi connectivity index (χ2n) is 5.50. The Kier molecular flexibility index (Phi) is 4.57. The summed E-state index contributed by atoms with van der Waals surface area (Å²) in [5.41, 5.74) is 1.68. The van der Waals surface area contributed by atoms with Gasteiger partial charge in [0.05, 0.1) is 0 Å². The minimum absolute atomic E-state index is 0.0757. The summed E-state index contributed by atoms with van der Waals surface area (Å²) in [6, 6.07) is 6.39. The molecular formula is C16H14N4O4S. The van der Waals surface area contributed by atoms with E-state index in [-0.39, 0.29) is 11.5 Å². The number of fused-ring (bicyclic) bond motifs is 1. The van der Waals surface area contributed by atoms with Gasteiger partial charge in [0.2, 0.25) is 11.8 Å². The summed E-state index contributed by atoms with van der Waals surface area (Å²) in [5, 5.41) is 14.8. The summed E-state index contributed by atoms with van der Waals surface area (Å²) in [7, 11) is 0. The van der Waals surface area contributed by atoms with E-state index in [4.69, 9.17) is 12.2 Å². The Balaban J connectivity index is 1.80. The highest BCUT2D eigenvalue weighted by Crippen LogP contribution is 2.20. The van der Waals surface area contributed by atoms with Crippen LogP contribution in [0, 0.1) is 5.92 Å². The molecule has 2 amide bonds. The minimum atomic E-state index is -1.21. The molecule has 1 aliphatic heterocycles. The van der Waals surface area contributed by atoms with Gasteiger partial charge in [-0.3, -0.25) is 14.6 Å². The molecular weight excluding hydrogens is 344 g/mol. The van der Waals surface area contributed by atoms with Gasteiger partial charge in [0.25, 0.3) is 0 Å². The van der Waals surface area contributed by atoms with Gasteiger partial charge in [0, 0.05) is 29.7 Å². The van der Waals surface area contributed by atoms with Gasteiger partial charge in [0.15, 0.2) is 17.1 Å². The molecule has 1 aromatic heterocycles. The fourth-order valence-corrected chi connectivity index (χ4v) is 2.77. The maximum absolute atomic E-state index is 11.8. The predicted octanol–water partition coefficient (Wildman–Crippen LogP) is 0.381. The van der Waals surface area contributed by atoms with E-state index < -0.39 is 29.7 Å². The molecule has 9 heteroatoms. The van der Waals surface area contributed by atoms with Crippen molar-refractivity contribution in [3.63, 3.8) is 0 Å². The Morgan fingerprint density at radius 2 is 1.96 bits per heavy atom. The number of H-pyrrole nitrogens is 1. The zero-order valence-corrected chi connectivity index (χ0v) is 13.7. The van der Waals surface area contributed by atoms with E-state index >= 15 is 0 Å². The Morgan fingerprint density at radius 1 is 1.28 bits per heavy atom. The Labute approximate surface area is 147 Å². The highest BCUT2D eigenvalue weighted by molar-refractivity contribution is 7.80. The molecule has 1 atom stereocenters. The van der Waals surface area contributed by atoms with Crippen LogP contribution in [0.4, 0.5) is 0 Å². The number of hydrogen-bond donors (Lipinski definition) is 4. The third-order valence-electron chi connectivity index (χ3n) is 3.83. The number of hydrogen-bond acceptors (Lipinski definition) is 5. The summed E-state index contributed by atoms with van der Waals surface area (Å²) in [6.07, 6.45) is 2.92. The van der Waals surface area contributed by atoms with Gasteiger partial charge in [0.1, 0.15) is 0 Å². The SMILES string of the molecule is O=C1NC(=S)NC(=O)C1C=N[C@H](Cc1c[nH]c2ccccc12)C(=O)O. The Morgan fingerprint density at radius 3 is 2.64 bits per heavy atom. The molecule has 0 bridgehead atoms. The molecule has 2 heterocycles. The lowest BCUT2D eigenvalue weighted by Crippen LogP contribution is -2.56. The van der Waals surface area contributed by atoms with Gasteiger partial charge in [-0.05, 0) is 23.8 Å². The predicted molar refractivity (Wildman–Crippen MR) is 94.3 cm³/mol. The third kappa shape index (κ3) is 3.56. The smallest absolute Gasteiger partial charge is 0.328 e. The first kappa shape index (κ1) is 16.8. The van der Waals surface area contributed by atoms with Crippen molar-refractivity contribution in [2.45, 2.75) is 12.5 Å². The molecule has 1 aliphatic rings. The lowest BCUT2D eigenvalue weighted by atomic mass is 10.0. The number of aliphatic carboxylic acids is 1. The van der Waals surface area contributed by atoms with Crippen LogP contribution in [0.2, 0.25) is 0 Å². The molecule has 0 spiro atoms. The number of carboxylic acid groups (broad SMARTS) is 1. The van der Waals surface area contributed by atoms with Crippen molar-refractivity contribution in [1.82, 2.24) is 15.6 Å². The minimum Gasteiger partial charge on any atom is -0.480 e. The average molecular weight is 358 g/mol. The van der Waals surface area contributed by atoms with Gasteiger partial charge in [-0.25, -0.2) is 4.79 Å². The van der Waals surface area contributed by atoms with E-state index in [9.17, 15) is 19.5 Å². The van der Waals surface area contributed by atoms with E-state index in [0.29, 0.717) is 0 Å². The van der Waals surface area contributed by atoms with Crippen LogP contribution in [-0.2, 0) is 20.8 Å². The Bertz CT molecular complexity index is 884. The van der Waals surface area contributed by atoms with E-state index in [1.165, 1.54) is 0 Å². The maximum Gasteiger partial charge on any atom is 0.328 e. The first-order chi connectivity index (χ1) is 12.0. The monoisotopic (exact) mass is 358 g/mol. The van der Waals surface area contributed by atoms with Crippen LogP contribution >= 0.6 is 12.2 Å². The van der Waals surface area contributed by atoms with Crippen LogP contribution in [0.3, 0.4) is 0 Å². The number of thiocarbonyl (C=S) groups is 1. The molecule has 128 valence electrons. The van der Waals surface area contributed by atoms with Crippen LogP contribution in [-0.4, -0.2) is 45.2 Å². The number of aromatic nitrogens is 1. The normalized spacial score (nSPS) is 16.9. The van der Waals surface area contributed by atoms with Crippen molar-refractivity contribution < 1.29 is 19.5 Å². The highest BCUT2D eigenvalue weighted by atomic mass is 32.1. The molecule has 4 N–H and O–H groups in total. The lowest BCUT2D eigenvalue weighted by Gasteiger charge is -2.19. The third-order valence-corrected chi connectivity index (χ3v) is 4.03. The van der Waals surface area contributed by atoms with Gasteiger partial charge >= 0.3 is 5.97 Å². The van der Waals surface area contributed by atoms with E-state index in [1.807, 2.05) is 24.3 Å². The molecule has 1 fully saturated rings. The summed E-state index contributed by atoms with van der Waals surface area (Å²) in [6.45, 7) is 0. The number of carboxylic acids is 1. The fraction of sp³-hybridized carbons (Fsp3) is 0.188. The number of aliphatic imine (C=N–C) groups is 1. The van der Waals surface area contributed by atoms with Crippen LogP contribution in [0.25, 0.3) is 10.9 Å². The topological polar surface area (TPSA) is 124 Å². The summed E-state index contributed by atoms with van der Waals surface area (Å²) in [5.74, 6) is -3.62. The van der Waals surface area contributed by atoms with Crippen molar-refractivity contribution in [1.29, 1.82) is 0 Å². The Hall–Kier alpha value is -3.07. The van der Waals surface area contributed by atoms with E-state index in [0.717, 1.165) is 22.7 Å². The number of nitrogens with zero attached hydrogens (tertiary/aromatic N) is 1. The molecule has 0 unspecified atom stereocenters. The van der Waals surface area contributed by atoms with Crippen molar-refractivity contribution in [2.24, 2.45) is 10.9 Å². The zero-order chi connectivity index (χ0) is 18.0. The number of rotatable bonds is 5. The molecule has 8 nitrogen and oxygen atoms in total. The second-order valence-corrected chi connectivity index (χ2v) is 5.91. The molecule has 0 aliphatic carbocycles.